The first kappa shape index (κ1) is 13.0. The lowest BCUT2D eigenvalue weighted by molar-refractivity contribution is 0.153. The van der Waals surface area contributed by atoms with Crippen molar-refractivity contribution in [2.24, 2.45) is 5.92 Å². The van der Waals surface area contributed by atoms with Gasteiger partial charge >= 0.3 is 0 Å². The van der Waals surface area contributed by atoms with Crippen molar-refractivity contribution in [1.29, 1.82) is 0 Å². The molecule has 2 atom stereocenters. The molecule has 0 aromatic rings. The molecule has 0 spiro atoms. The van der Waals surface area contributed by atoms with Gasteiger partial charge in [-0.15, -0.1) is 0 Å². The van der Waals surface area contributed by atoms with Gasteiger partial charge in [-0.2, -0.15) is 0 Å². The third-order valence-corrected chi connectivity index (χ3v) is 3.58. The third kappa shape index (κ3) is 4.98. The largest absolute Gasteiger partial charge is 0.396 e. The van der Waals surface area contributed by atoms with Crippen LogP contribution in [-0.4, -0.2) is 24.3 Å². The molecular formula is C13H27NO. The summed E-state index contributed by atoms with van der Waals surface area (Å²) in [6.45, 7) is 3.75. The van der Waals surface area contributed by atoms with Crippen LogP contribution in [0.5, 0.6) is 0 Å². The summed E-state index contributed by atoms with van der Waals surface area (Å²) in [7, 11) is 0. The quantitative estimate of drug-likeness (QED) is 0.637. The molecule has 1 aliphatic carbocycles. The number of aliphatic hydroxyl groups excluding tert-OH is 1. The van der Waals surface area contributed by atoms with Crippen molar-refractivity contribution in [3.05, 3.63) is 0 Å². The van der Waals surface area contributed by atoms with E-state index in [0.29, 0.717) is 18.6 Å². The second-order valence-electron chi connectivity index (χ2n) is 4.85. The summed E-state index contributed by atoms with van der Waals surface area (Å²) in [5.41, 5.74) is 0. The fraction of sp³-hybridized carbons (Fsp3) is 1.00. The standard InChI is InChI=1S/C13H27NO/c1-2-3-4-7-10-14-13-9-6-5-8-12(13)11-15/h12-15H,2-11H2,1H3. The van der Waals surface area contributed by atoms with E-state index in [-0.39, 0.29) is 0 Å². The number of nitrogens with one attached hydrogen (secondary N) is 1. The van der Waals surface area contributed by atoms with Crippen LogP contribution in [0.3, 0.4) is 0 Å². The monoisotopic (exact) mass is 213 g/mol. The molecule has 1 saturated carbocycles. The van der Waals surface area contributed by atoms with Crippen molar-refractivity contribution >= 4 is 0 Å². The predicted molar refractivity (Wildman–Crippen MR) is 65.0 cm³/mol. The lowest BCUT2D eigenvalue weighted by Gasteiger charge is -2.31. The van der Waals surface area contributed by atoms with E-state index in [1.54, 1.807) is 0 Å². The molecular weight excluding hydrogens is 186 g/mol. The first-order valence-electron chi connectivity index (χ1n) is 6.72. The maximum absolute atomic E-state index is 9.26. The molecule has 0 heterocycles. The normalized spacial score (nSPS) is 26.8. The van der Waals surface area contributed by atoms with E-state index in [1.807, 2.05) is 0 Å². The van der Waals surface area contributed by atoms with Crippen LogP contribution in [0.1, 0.15) is 58.3 Å². The number of aliphatic hydroxyl groups is 1. The van der Waals surface area contributed by atoms with Crippen LogP contribution in [0.4, 0.5) is 0 Å². The first-order chi connectivity index (χ1) is 7.38. The van der Waals surface area contributed by atoms with Gasteiger partial charge in [0, 0.05) is 12.6 Å². The zero-order valence-corrected chi connectivity index (χ0v) is 10.2. The molecule has 0 bridgehead atoms. The van der Waals surface area contributed by atoms with Crippen LogP contribution in [0.25, 0.3) is 0 Å². The van der Waals surface area contributed by atoms with Gasteiger partial charge in [0.2, 0.25) is 0 Å². The molecule has 2 N–H and O–H groups in total. The molecule has 0 aromatic carbocycles. The highest BCUT2D eigenvalue weighted by atomic mass is 16.3. The fourth-order valence-corrected chi connectivity index (χ4v) is 2.53. The molecule has 1 aliphatic rings. The molecule has 2 nitrogen and oxygen atoms in total. The van der Waals surface area contributed by atoms with E-state index in [9.17, 15) is 5.11 Å². The molecule has 1 fully saturated rings. The van der Waals surface area contributed by atoms with E-state index in [4.69, 9.17) is 0 Å². The van der Waals surface area contributed by atoms with E-state index in [0.717, 1.165) is 6.54 Å². The molecule has 0 saturated heterocycles. The van der Waals surface area contributed by atoms with E-state index in [1.165, 1.54) is 51.4 Å². The van der Waals surface area contributed by atoms with Crippen molar-refractivity contribution in [1.82, 2.24) is 5.32 Å². The number of unbranched alkanes of at least 4 members (excludes halogenated alkanes) is 3. The molecule has 0 amide bonds. The first-order valence-corrected chi connectivity index (χ1v) is 6.72. The zero-order chi connectivity index (χ0) is 10.9. The summed E-state index contributed by atoms with van der Waals surface area (Å²) in [6, 6.07) is 0.588. The highest BCUT2D eigenvalue weighted by Gasteiger charge is 2.23. The van der Waals surface area contributed by atoms with Gasteiger partial charge < -0.3 is 10.4 Å². The number of hydrogen-bond acceptors (Lipinski definition) is 2. The Bertz CT molecular complexity index is 149. The van der Waals surface area contributed by atoms with Crippen LogP contribution in [0, 0.1) is 5.92 Å². The molecule has 0 aliphatic heterocycles. The molecule has 2 unspecified atom stereocenters. The van der Waals surface area contributed by atoms with Crippen LogP contribution in [0.15, 0.2) is 0 Å². The van der Waals surface area contributed by atoms with Crippen molar-refractivity contribution in [3.63, 3.8) is 0 Å². The minimum atomic E-state index is 0.368. The summed E-state index contributed by atoms with van der Waals surface area (Å²) >= 11 is 0. The lowest BCUT2D eigenvalue weighted by atomic mass is 9.85. The Morgan fingerprint density at radius 3 is 2.67 bits per heavy atom. The maximum Gasteiger partial charge on any atom is 0.0474 e. The Morgan fingerprint density at radius 1 is 1.13 bits per heavy atom. The van der Waals surface area contributed by atoms with Gasteiger partial charge in [-0.3, -0.25) is 0 Å². The average molecular weight is 213 g/mol. The van der Waals surface area contributed by atoms with Crippen LogP contribution < -0.4 is 5.32 Å². The van der Waals surface area contributed by atoms with Gasteiger partial charge in [-0.25, -0.2) is 0 Å². The predicted octanol–water partition coefficient (Wildman–Crippen LogP) is 2.71. The van der Waals surface area contributed by atoms with Crippen molar-refractivity contribution in [3.8, 4) is 0 Å². The Morgan fingerprint density at radius 2 is 1.93 bits per heavy atom. The van der Waals surface area contributed by atoms with E-state index < -0.39 is 0 Å². The van der Waals surface area contributed by atoms with Crippen molar-refractivity contribution < 1.29 is 5.11 Å². The van der Waals surface area contributed by atoms with Gasteiger partial charge in [0.05, 0.1) is 0 Å². The maximum atomic E-state index is 9.26. The van der Waals surface area contributed by atoms with Crippen molar-refractivity contribution in [2.75, 3.05) is 13.2 Å². The summed E-state index contributed by atoms with van der Waals surface area (Å²) in [5, 5.41) is 12.9. The Kier molecular flexibility index (Phi) is 7.03. The Labute approximate surface area is 94.5 Å². The number of hydrogen-bond donors (Lipinski definition) is 2. The summed E-state index contributed by atoms with van der Waals surface area (Å²) in [6.07, 6.45) is 10.4. The average Bonchev–Trinajstić information content (AvgIpc) is 2.29. The molecule has 0 radical (unpaired) electrons. The fourth-order valence-electron chi connectivity index (χ4n) is 2.53. The summed E-state index contributed by atoms with van der Waals surface area (Å²) < 4.78 is 0. The molecule has 90 valence electrons. The molecule has 15 heavy (non-hydrogen) atoms. The number of rotatable bonds is 7. The SMILES string of the molecule is CCCCCCNC1CCCCC1CO. The second-order valence-corrected chi connectivity index (χ2v) is 4.85. The van der Waals surface area contributed by atoms with Gasteiger partial charge in [0.15, 0.2) is 0 Å². The summed E-state index contributed by atoms with van der Waals surface area (Å²) in [4.78, 5) is 0. The minimum Gasteiger partial charge on any atom is -0.396 e. The highest BCUT2D eigenvalue weighted by molar-refractivity contribution is 4.80. The van der Waals surface area contributed by atoms with Crippen molar-refractivity contribution in [2.45, 2.75) is 64.3 Å². The zero-order valence-electron chi connectivity index (χ0n) is 10.2. The van der Waals surface area contributed by atoms with Gasteiger partial charge in [0.1, 0.15) is 0 Å². The molecule has 1 rings (SSSR count). The second kappa shape index (κ2) is 8.12. The Balaban J connectivity index is 2.07. The van der Waals surface area contributed by atoms with Crippen LogP contribution in [-0.2, 0) is 0 Å². The van der Waals surface area contributed by atoms with E-state index in [2.05, 4.69) is 12.2 Å². The summed E-state index contributed by atoms with van der Waals surface area (Å²) in [5.74, 6) is 0.518. The van der Waals surface area contributed by atoms with E-state index >= 15 is 0 Å². The van der Waals surface area contributed by atoms with Crippen LogP contribution >= 0.6 is 0 Å². The lowest BCUT2D eigenvalue weighted by Crippen LogP contribution is -2.40. The smallest absolute Gasteiger partial charge is 0.0474 e. The van der Waals surface area contributed by atoms with Crippen LogP contribution in [0.2, 0.25) is 0 Å². The van der Waals surface area contributed by atoms with Gasteiger partial charge in [-0.05, 0) is 31.7 Å². The minimum absolute atomic E-state index is 0.368. The molecule has 0 aromatic heterocycles. The third-order valence-electron chi connectivity index (χ3n) is 3.58. The molecule has 2 heteroatoms. The van der Waals surface area contributed by atoms with Gasteiger partial charge in [-0.1, -0.05) is 39.0 Å². The highest BCUT2D eigenvalue weighted by Crippen LogP contribution is 2.23. The topological polar surface area (TPSA) is 32.3 Å². The Hall–Kier alpha value is -0.0800. The van der Waals surface area contributed by atoms with Gasteiger partial charge in [0.25, 0.3) is 0 Å².